The van der Waals surface area contributed by atoms with Gasteiger partial charge in [0.15, 0.2) is 11.5 Å². The zero-order valence-electron chi connectivity index (χ0n) is 12.4. The summed E-state index contributed by atoms with van der Waals surface area (Å²) in [5.74, 6) is 1.04. The molecule has 6 heteroatoms. The number of hydrogen-bond donors (Lipinski definition) is 1. The van der Waals surface area contributed by atoms with Crippen LogP contribution in [0.15, 0.2) is 4.42 Å². The molecule has 1 saturated heterocycles. The maximum absolute atomic E-state index is 12.6. The van der Waals surface area contributed by atoms with Crippen LogP contribution in [0.1, 0.15) is 51.5 Å². The first-order chi connectivity index (χ1) is 9.59. The molecule has 2 aliphatic rings. The predicted molar refractivity (Wildman–Crippen MR) is 81.3 cm³/mol. The second-order valence-electron chi connectivity index (χ2n) is 5.69. The van der Waals surface area contributed by atoms with Gasteiger partial charge in [-0.3, -0.25) is 9.59 Å². The average Bonchev–Trinajstić information content (AvgIpc) is 3.06. The number of ketones is 1. The molecule has 1 N–H and O–H groups in total. The van der Waals surface area contributed by atoms with Crippen molar-refractivity contribution in [2.24, 2.45) is 0 Å². The molecule has 3 rings (SSSR count). The molecule has 0 saturated carbocycles. The largest absolute Gasteiger partial charge is 0.455 e. The Morgan fingerprint density at radius 1 is 1.38 bits per heavy atom. The summed E-state index contributed by atoms with van der Waals surface area (Å²) in [5, 5.41) is 3.25. The van der Waals surface area contributed by atoms with Crippen molar-refractivity contribution in [3.63, 3.8) is 0 Å². The molecule has 1 fully saturated rings. The maximum Gasteiger partial charge on any atom is 0.289 e. The Bertz CT molecular complexity index is 562. The number of carbonyl (C=O) groups excluding carboxylic acids is 2. The number of amides is 1. The monoisotopic (exact) mass is 312 g/mol. The Kier molecular flexibility index (Phi) is 4.74. The minimum atomic E-state index is -0.113. The molecule has 1 aromatic heterocycles. The van der Waals surface area contributed by atoms with Crippen LogP contribution in [0, 0.1) is 6.92 Å². The van der Waals surface area contributed by atoms with Gasteiger partial charge in [0.2, 0.25) is 0 Å². The predicted octanol–water partition coefficient (Wildman–Crippen LogP) is 1.96. The summed E-state index contributed by atoms with van der Waals surface area (Å²) >= 11 is 0. The maximum atomic E-state index is 12.6. The minimum absolute atomic E-state index is 0. The van der Waals surface area contributed by atoms with Gasteiger partial charge in [0.25, 0.3) is 5.91 Å². The summed E-state index contributed by atoms with van der Waals surface area (Å²) in [6.45, 7) is 3.58. The average molecular weight is 313 g/mol. The van der Waals surface area contributed by atoms with Crippen LogP contribution in [0.4, 0.5) is 0 Å². The van der Waals surface area contributed by atoms with E-state index in [0.29, 0.717) is 29.1 Å². The van der Waals surface area contributed by atoms with Crippen molar-refractivity contribution in [1.82, 2.24) is 10.2 Å². The Hall–Kier alpha value is -1.33. The Labute approximate surface area is 130 Å². The molecule has 1 atom stereocenters. The van der Waals surface area contributed by atoms with Crippen molar-refractivity contribution in [3.8, 4) is 0 Å². The van der Waals surface area contributed by atoms with Gasteiger partial charge in [-0.05, 0) is 26.3 Å². The first-order valence-electron chi connectivity index (χ1n) is 7.23. The second-order valence-corrected chi connectivity index (χ2v) is 5.69. The SMILES string of the molecule is Cc1c(C(=O)N(C)C2CCNC2)oc2c1C(=O)CCC2.Cl. The smallest absolute Gasteiger partial charge is 0.289 e. The third-order valence-corrected chi connectivity index (χ3v) is 4.40. The number of nitrogens with zero attached hydrogens (tertiary/aromatic N) is 1. The van der Waals surface area contributed by atoms with E-state index in [0.717, 1.165) is 32.4 Å². The first kappa shape index (κ1) is 16.0. The standard InChI is InChI=1S/C15H20N2O3.ClH/c1-9-13-11(18)4-3-5-12(13)20-14(9)15(19)17(2)10-6-7-16-8-10;/h10,16H,3-8H2,1-2H3;1H. The molecule has 1 aliphatic carbocycles. The van der Waals surface area contributed by atoms with Gasteiger partial charge in [-0.2, -0.15) is 0 Å². The van der Waals surface area contributed by atoms with E-state index in [9.17, 15) is 9.59 Å². The summed E-state index contributed by atoms with van der Waals surface area (Å²) in [4.78, 5) is 26.3. The van der Waals surface area contributed by atoms with Gasteiger partial charge in [-0.25, -0.2) is 0 Å². The molecule has 1 unspecified atom stereocenters. The third kappa shape index (κ3) is 2.72. The lowest BCUT2D eigenvalue weighted by atomic mass is 9.94. The lowest BCUT2D eigenvalue weighted by Gasteiger charge is -2.22. The fourth-order valence-electron chi connectivity index (χ4n) is 3.15. The zero-order valence-corrected chi connectivity index (χ0v) is 13.2. The summed E-state index contributed by atoms with van der Waals surface area (Å²) in [5.41, 5.74) is 1.37. The van der Waals surface area contributed by atoms with Crippen molar-refractivity contribution in [2.75, 3.05) is 20.1 Å². The van der Waals surface area contributed by atoms with E-state index in [2.05, 4.69) is 5.32 Å². The van der Waals surface area contributed by atoms with E-state index in [4.69, 9.17) is 4.42 Å². The highest BCUT2D eigenvalue weighted by atomic mass is 35.5. The fourth-order valence-corrected chi connectivity index (χ4v) is 3.15. The van der Waals surface area contributed by atoms with E-state index in [-0.39, 0.29) is 30.1 Å². The molecule has 0 spiro atoms. The molecule has 21 heavy (non-hydrogen) atoms. The van der Waals surface area contributed by atoms with Crippen LogP contribution in [-0.2, 0) is 6.42 Å². The Morgan fingerprint density at radius 3 is 2.76 bits per heavy atom. The number of hydrogen-bond acceptors (Lipinski definition) is 4. The molecular weight excluding hydrogens is 292 g/mol. The highest BCUT2D eigenvalue weighted by molar-refractivity contribution is 6.03. The number of nitrogens with one attached hydrogen (secondary N) is 1. The van der Waals surface area contributed by atoms with Gasteiger partial charge in [0.05, 0.1) is 5.56 Å². The van der Waals surface area contributed by atoms with Crippen LogP contribution >= 0.6 is 12.4 Å². The van der Waals surface area contributed by atoms with Crippen LogP contribution in [0.3, 0.4) is 0 Å². The quantitative estimate of drug-likeness (QED) is 0.907. The first-order valence-corrected chi connectivity index (χ1v) is 7.23. The normalized spacial score (nSPS) is 20.9. The molecule has 116 valence electrons. The van der Waals surface area contributed by atoms with Gasteiger partial charge < -0.3 is 14.6 Å². The van der Waals surface area contributed by atoms with Crippen LogP contribution in [0.5, 0.6) is 0 Å². The molecular formula is C15H21ClN2O3. The lowest BCUT2D eigenvalue weighted by Crippen LogP contribution is -2.38. The number of carbonyl (C=O) groups is 2. The number of aryl methyl sites for hydroxylation is 1. The summed E-state index contributed by atoms with van der Waals surface area (Å²) in [6.07, 6.45) is 3.09. The molecule has 1 amide bonds. The molecule has 5 nitrogen and oxygen atoms in total. The number of likely N-dealkylation sites (N-methyl/N-ethyl adjacent to an activating group) is 1. The number of Topliss-reactive ketones (excluding diaryl/α,β-unsaturated/α-hetero) is 1. The highest BCUT2D eigenvalue weighted by Gasteiger charge is 2.32. The van der Waals surface area contributed by atoms with E-state index >= 15 is 0 Å². The summed E-state index contributed by atoms with van der Waals surface area (Å²) in [6, 6.07) is 0.208. The van der Waals surface area contributed by atoms with Crippen molar-refractivity contribution in [2.45, 2.75) is 38.6 Å². The highest BCUT2D eigenvalue weighted by Crippen LogP contribution is 2.30. The molecule has 1 aromatic rings. The topological polar surface area (TPSA) is 62.6 Å². The van der Waals surface area contributed by atoms with Crippen molar-refractivity contribution < 1.29 is 14.0 Å². The second kappa shape index (κ2) is 6.20. The number of furan rings is 1. The van der Waals surface area contributed by atoms with Crippen LogP contribution in [0.25, 0.3) is 0 Å². The van der Waals surface area contributed by atoms with E-state index in [1.807, 2.05) is 14.0 Å². The minimum Gasteiger partial charge on any atom is -0.455 e. The summed E-state index contributed by atoms with van der Waals surface area (Å²) in [7, 11) is 1.81. The third-order valence-electron chi connectivity index (χ3n) is 4.40. The van der Waals surface area contributed by atoms with Crippen molar-refractivity contribution in [1.29, 1.82) is 0 Å². The van der Waals surface area contributed by atoms with Crippen LogP contribution in [0.2, 0.25) is 0 Å². The van der Waals surface area contributed by atoms with Gasteiger partial charge in [-0.1, -0.05) is 0 Å². The summed E-state index contributed by atoms with van der Waals surface area (Å²) < 4.78 is 5.72. The van der Waals surface area contributed by atoms with Crippen LogP contribution < -0.4 is 5.32 Å². The fraction of sp³-hybridized carbons (Fsp3) is 0.600. The van der Waals surface area contributed by atoms with Crippen LogP contribution in [-0.4, -0.2) is 42.8 Å². The zero-order chi connectivity index (χ0) is 14.3. The Balaban J connectivity index is 0.00000161. The molecule has 0 bridgehead atoms. The number of rotatable bonds is 2. The molecule has 0 aromatic carbocycles. The lowest BCUT2D eigenvalue weighted by molar-refractivity contribution is 0.0708. The Morgan fingerprint density at radius 2 is 2.14 bits per heavy atom. The van der Waals surface area contributed by atoms with E-state index in [1.165, 1.54) is 0 Å². The molecule has 1 aliphatic heterocycles. The van der Waals surface area contributed by atoms with E-state index < -0.39 is 0 Å². The number of fused-ring (bicyclic) bond motifs is 1. The van der Waals surface area contributed by atoms with E-state index in [1.54, 1.807) is 4.90 Å². The number of halogens is 1. The van der Waals surface area contributed by atoms with Crippen molar-refractivity contribution in [3.05, 3.63) is 22.6 Å². The van der Waals surface area contributed by atoms with Gasteiger partial charge in [-0.15, -0.1) is 12.4 Å². The molecule has 2 heterocycles. The van der Waals surface area contributed by atoms with Gasteiger partial charge >= 0.3 is 0 Å². The van der Waals surface area contributed by atoms with Gasteiger partial charge in [0.1, 0.15) is 5.76 Å². The molecule has 0 radical (unpaired) electrons. The van der Waals surface area contributed by atoms with Gasteiger partial charge in [0, 0.05) is 38.0 Å². The van der Waals surface area contributed by atoms with Crippen molar-refractivity contribution >= 4 is 24.1 Å².